The maximum Gasteiger partial charge on any atom is 0.328 e. The number of amides is 4. The highest BCUT2D eigenvalue weighted by Crippen LogP contribution is 2.04. The van der Waals surface area contributed by atoms with Gasteiger partial charge in [0.05, 0.1) is 0 Å². The van der Waals surface area contributed by atoms with Gasteiger partial charge < -0.3 is 15.4 Å². The van der Waals surface area contributed by atoms with Crippen LogP contribution in [-0.4, -0.2) is 42.5 Å². The Morgan fingerprint density at radius 1 is 1.08 bits per heavy atom. The summed E-state index contributed by atoms with van der Waals surface area (Å²) in [5.41, 5.74) is 1.34. The van der Waals surface area contributed by atoms with Crippen LogP contribution >= 0.6 is 0 Å². The predicted octanol–water partition coefficient (Wildman–Crippen LogP) is 0.891. The number of nitrogens with one attached hydrogen (secondary N) is 3. The van der Waals surface area contributed by atoms with Crippen molar-refractivity contribution in [1.29, 1.82) is 0 Å². The highest BCUT2D eigenvalue weighted by Gasteiger charge is 2.19. The Morgan fingerprint density at radius 3 is 2.36 bits per heavy atom. The molecule has 4 amide bonds. The summed E-state index contributed by atoms with van der Waals surface area (Å²) in [5.74, 6) is -1.96. The molecule has 0 aliphatic heterocycles. The number of hydrogen-bond acceptors (Lipinski definition) is 5. The molecule has 136 valence electrons. The first-order valence-electron chi connectivity index (χ1n) is 7.83. The number of benzene rings is 1. The molecule has 1 aromatic carbocycles. The first-order valence-corrected chi connectivity index (χ1v) is 7.83. The van der Waals surface area contributed by atoms with E-state index in [0.717, 1.165) is 5.56 Å². The minimum atomic E-state index is -0.940. The van der Waals surface area contributed by atoms with Crippen LogP contribution in [0, 0.1) is 6.92 Å². The minimum Gasteiger partial charge on any atom is -0.454 e. The Morgan fingerprint density at radius 2 is 1.76 bits per heavy atom. The quantitative estimate of drug-likeness (QED) is 0.660. The van der Waals surface area contributed by atoms with Gasteiger partial charge in [0.2, 0.25) is 0 Å². The highest BCUT2D eigenvalue weighted by atomic mass is 16.5. The molecular formula is C17H23N3O5. The van der Waals surface area contributed by atoms with Crippen molar-refractivity contribution in [1.82, 2.24) is 16.0 Å². The molecule has 1 rings (SSSR count). The lowest BCUT2D eigenvalue weighted by atomic mass is 10.1. The van der Waals surface area contributed by atoms with E-state index in [-0.39, 0.29) is 6.04 Å². The number of esters is 1. The summed E-state index contributed by atoms with van der Waals surface area (Å²) in [6.07, 6.45) is 0. The fourth-order valence-corrected chi connectivity index (χ4v) is 1.85. The van der Waals surface area contributed by atoms with Gasteiger partial charge in [-0.1, -0.05) is 17.7 Å². The lowest BCUT2D eigenvalue weighted by Crippen LogP contribution is -2.45. The van der Waals surface area contributed by atoms with Crippen molar-refractivity contribution in [2.75, 3.05) is 6.61 Å². The third-order valence-electron chi connectivity index (χ3n) is 3.00. The summed E-state index contributed by atoms with van der Waals surface area (Å²) in [6.45, 7) is 6.16. The molecule has 0 heterocycles. The zero-order valence-electron chi connectivity index (χ0n) is 14.7. The van der Waals surface area contributed by atoms with E-state index in [0.29, 0.717) is 5.56 Å². The molecule has 25 heavy (non-hydrogen) atoms. The Kier molecular flexibility index (Phi) is 7.58. The maximum absolute atomic E-state index is 12.0. The average molecular weight is 349 g/mol. The smallest absolute Gasteiger partial charge is 0.328 e. The standard InChI is InChI=1S/C17H23N3O5/c1-10(2)18-17(24)20-14(21)9-25-16(23)12(4)19-15(22)13-7-5-6-11(3)8-13/h5-8,10,12H,9H2,1-4H3,(H,19,22)(H2,18,20,21,24)/t12-/m0/s1. The molecule has 0 saturated carbocycles. The first-order chi connectivity index (χ1) is 11.7. The zero-order chi connectivity index (χ0) is 19.0. The van der Waals surface area contributed by atoms with Crippen LogP contribution in [-0.2, 0) is 14.3 Å². The van der Waals surface area contributed by atoms with Gasteiger partial charge in [0, 0.05) is 11.6 Å². The van der Waals surface area contributed by atoms with Gasteiger partial charge in [-0.3, -0.25) is 14.9 Å². The third-order valence-corrected chi connectivity index (χ3v) is 3.00. The molecule has 1 aromatic rings. The number of imide groups is 1. The molecule has 0 unspecified atom stereocenters. The van der Waals surface area contributed by atoms with E-state index in [2.05, 4.69) is 10.6 Å². The van der Waals surface area contributed by atoms with Crippen LogP contribution in [0.2, 0.25) is 0 Å². The molecule has 0 radical (unpaired) electrons. The number of hydrogen-bond donors (Lipinski definition) is 3. The van der Waals surface area contributed by atoms with E-state index in [9.17, 15) is 19.2 Å². The fourth-order valence-electron chi connectivity index (χ4n) is 1.85. The summed E-state index contributed by atoms with van der Waals surface area (Å²) in [6, 6.07) is 5.16. The number of carbonyl (C=O) groups is 4. The van der Waals surface area contributed by atoms with Gasteiger partial charge in [-0.2, -0.15) is 0 Å². The lowest BCUT2D eigenvalue weighted by molar-refractivity contribution is -0.149. The van der Waals surface area contributed by atoms with Gasteiger partial charge >= 0.3 is 12.0 Å². The molecule has 8 heteroatoms. The number of ether oxygens (including phenoxy) is 1. The van der Waals surface area contributed by atoms with E-state index in [1.807, 2.05) is 18.3 Å². The second-order valence-electron chi connectivity index (χ2n) is 5.85. The van der Waals surface area contributed by atoms with Crippen LogP contribution in [0.4, 0.5) is 4.79 Å². The number of aryl methyl sites for hydroxylation is 1. The molecule has 1 atom stereocenters. The van der Waals surface area contributed by atoms with Gasteiger partial charge in [-0.15, -0.1) is 0 Å². The fraction of sp³-hybridized carbons (Fsp3) is 0.412. The van der Waals surface area contributed by atoms with Gasteiger partial charge in [-0.25, -0.2) is 9.59 Å². The number of rotatable bonds is 6. The van der Waals surface area contributed by atoms with Crippen LogP contribution in [0.15, 0.2) is 24.3 Å². The van der Waals surface area contributed by atoms with E-state index in [1.165, 1.54) is 6.92 Å². The molecule has 8 nitrogen and oxygen atoms in total. The van der Waals surface area contributed by atoms with E-state index < -0.39 is 36.5 Å². The monoisotopic (exact) mass is 349 g/mol. The van der Waals surface area contributed by atoms with Crippen molar-refractivity contribution in [3.8, 4) is 0 Å². The topological polar surface area (TPSA) is 114 Å². The maximum atomic E-state index is 12.0. The van der Waals surface area contributed by atoms with Gasteiger partial charge in [-0.05, 0) is 39.8 Å². The molecule has 0 bridgehead atoms. The molecule has 3 N–H and O–H groups in total. The zero-order valence-corrected chi connectivity index (χ0v) is 14.7. The Bertz CT molecular complexity index is 657. The molecule has 0 aliphatic rings. The van der Waals surface area contributed by atoms with Gasteiger partial charge in [0.1, 0.15) is 6.04 Å². The summed E-state index contributed by atoms with van der Waals surface area (Å²) < 4.78 is 4.79. The largest absolute Gasteiger partial charge is 0.454 e. The summed E-state index contributed by atoms with van der Waals surface area (Å²) in [4.78, 5) is 46.7. The third kappa shape index (κ3) is 7.47. The second kappa shape index (κ2) is 9.41. The van der Waals surface area contributed by atoms with Crippen LogP contribution in [0.25, 0.3) is 0 Å². The normalized spacial score (nSPS) is 11.4. The molecule has 0 spiro atoms. The van der Waals surface area contributed by atoms with Crippen molar-refractivity contribution < 1.29 is 23.9 Å². The van der Waals surface area contributed by atoms with Crippen molar-refractivity contribution in [2.24, 2.45) is 0 Å². The number of carbonyl (C=O) groups excluding carboxylic acids is 4. The van der Waals surface area contributed by atoms with Crippen LogP contribution in [0.5, 0.6) is 0 Å². The van der Waals surface area contributed by atoms with Gasteiger partial charge in [0.15, 0.2) is 6.61 Å². The molecule has 0 aromatic heterocycles. The van der Waals surface area contributed by atoms with E-state index in [1.54, 1.807) is 32.0 Å². The Balaban J connectivity index is 2.42. The van der Waals surface area contributed by atoms with E-state index >= 15 is 0 Å². The van der Waals surface area contributed by atoms with E-state index in [4.69, 9.17) is 4.74 Å². The second-order valence-corrected chi connectivity index (χ2v) is 5.85. The van der Waals surface area contributed by atoms with Crippen molar-refractivity contribution in [3.05, 3.63) is 35.4 Å². The first kappa shape index (κ1) is 20.1. The van der Waals surface area contributed by atoms with Crippen molar-refractivity contribution >= 4 is 23.8 Å². The SMILES string of the molecule is Cc1cccc(C(=O)N[C@@H](C)C(=O)OCC(=O)NC(=O)NC(C)C)c1. The van der Waals surface area contributed by atoms with Crippen molar-refractivity contribution in [2.45, 2.75) is 39.8 Å². The summed E-state index contributed by atoms with van der Waals surface area (Å²) >= 11 is 0. The van der Waals surface area contributed by atoms with Crippen LogP contribution < -0.4 is 16.0 Å². The highest BCUT2D eigenvalue weighted by molar-refractivity contribution is 5.98. The predicted molar refractivity (Wildman–Crippen MR) is 90.9 cm³/mol. The molecule has 0 saturated heterocycles. The van der Waals surface area contributed by atoms with Crippen LogP contribution in [0.1, 0.15) is 36.7 Å². The summed E-state index contributed by atoms with van der Waals surface area (Å²) in [5, 5.41) is 6.98. The Hall–Kier alpha value is -2.90. The summed E-state index contributed by atoms with van der Waals surface area (Å²) in [7, 11) is 0. The van der Waals surface area contributed by atoms with Gasteiger partial charge in [0.25, 0.3) is 11.8 Å². The average Bonchev–Trinajstić information content (AvgIpc) is 2.51. The minimum absolute atomic E-state index is 0.132. The van der Waals surface area contributed by atoms with Crippen molar-refractivity contribution in [3.63, 3.8) is 0 Å². The lowest BCUT2D eigenvalue weighted by Gasteiger charge is -2.14. The van der Waals surface area contributed by atoms with Crippen LogP contribution in [0.3, 0.4) is 0 Å². The Labute approximate surface area is 146 Å². The number of urea groups is 1. The molecule has 0 aliphatic carbocycles. The molecule has 0 fully saturated rings. The molecular weight excluding hydrogens is 326 g/mol.